The molecule has 21 heavy (non-hydrogen) atoms. The lowest BCUT2D eigenvalue weighted by Crippen LogP contribution is -2.00. The zero-order chi connectivity index (χ0) is 14.7. The monoisotopic (exact) mass is 295 g/mol. The number of hydrogen-bond donors (Lipinski definition) is 0. The molecule has 0 atom stereocenters. The second-order valence-electron chi connectivity index (χ2n) is 5.00. The number of benzene rings is 2. The van der Waals surface area contributed by atoms with Crippen LogP contribution in [0.1, 0.15) is 13.8 Å². The van der Waals surface area contributed by atoms with Crippen LogP contribution in [0.2, 0.25) is 0 Å². The molecule has 4 heteroatoms. The second-order valence-corrected chi connectivity index (χ2v) is 6.54. The Bertz CT molecular complexity index is 705. The zero-order valence-electron chi connectivity index (χ0n) is 12.1. The minimum atomic E-state index is 0.459. The first kappa shape index (κ1) is 13.9. The lowest BCUT2D eigenvalue weighted by atomic mass is 10.2. The SMILES string of the molecule is CC(C)Sc1nc(-c2ccccc2)nn1-c1ccccc1. The molecule has 106 valence electrons. The van der Waals surface area contributed by atoms with E-state index in [9.17, 15) is 0 Å². The predicted molar refractivity (Wildman–Crippen MR) is 87.8 cm³/mol. The fourth-order valence-corrected chi connectivity index (χ4v) is 2.84. The Morgan fingerprint density at radius 3 is 2.14 bits per heavy atom. The van der Waals surface area contributed by atoms with E-state index in [1.165, 1.54) is 0 Å². The Balaban J connectivity index is 2.07. The van der Waals surface area contributed by atoms with E-state index >= 15 is 0 Å². The van der Waals surface area contributed by atoms with E-state index in [0.29, 0.717) is 5.25 Å². The Labute approximate surface area is 129 Å². The van der Waals surface area contributed by atoms with Crippen LogP contribution >= 0.6 is 11.8 Å². The summed E-state index contributed by atoms with van der Waals surface area (Å²) in [5.41, 5.74) is 2.08. The minimum absolute atomic E-state index is 0.459. The first-order valence-electron chi connectivity index (χ1n) is 6.98. The number of hydrogen-bond acceptors (Lipinski definition) is 3. The van der Waals surface area contributed by atoms with Gasteiger partial charge in [-0.2, -0.15) is 0 Å². The molecular weight excluding hydrogens is 278 g/mol. The topological polar surface area (TPSA) is 30.7 Å². The van der Waals surface area contributed by atoms with Gasteiger partial charge in [0.1, 0.15) is 0 Å². The first-order chi connectivity index (χ1) is 10.2. The van der Waals surface area contributed by atoms with Gasteiger partial charge in [-0.3, -0.25) is 0 Å². The van der Waals surface area contributed by atoms with Gasteiger partial charge in [0.05, 0.1) is 5.69 Å². The second kappa shape index (κ2) is 6.14. The third-order valence-electron chi connectivity index (χ3n) is 2.95. The van der Waals surface area contributed by atoms with Gasteiger partial charge >= 0.3 is 0 Å². The van der Waals surface area contributed by atoms with Crippen molar-refractivity contribution in [3.63, 3.8) is 0 Å². The summed E-state index contributed by atoms with van der Waals surface area (Å²) in [6.07, 6.45) is 0. The third kappa shape index (κ3) is 3.16. The summed E-state index contributed by atoms with van der Waals surface area (Å²) in [4.78, 5) is 4.71. The van der Waals surface area contributed by atoms with Crippen LogP contribution in [0.4, 0.5) is 0 Å². The van der Waals surface area contributed by atoms with E-state index in [1.807, 2.05) is 65.3 Å². The number of para-hydroxylation sites is 1. The number of thioether (sulfide) groups is 1. The summed E-state index contributed by atoms with van der Waals surface area (Å²) in [6.45, 7) is 4.33. The van der Waals surface area contributed by atoms with Crippen LogP contribution in [-0.2, 0) is 0 Å². The molecule has 3 nitrogen and oxygen atoms in total. The molecule has 0 fully saturated rings. The van der Waals surface area contributed by atoms with Gasteiger partial charge in [-0.05, 0) is 12.1 Å². The normalized spacial score (nSPS) is 11.0. The van der Waals surface area contributed by atoms with E-state index in [-0.39, 0.29) is 0 Å². The fraction of sp³-hybridized carbons (Fsp3) is 0.176. The molecule has 0 saturated carbocycles. The highest BCUT2D eigenvalue weighted by molar-refractivity contribution is 7.99. The molecule has 0 saturated heterocycles. The van der Waals surface area contributed by atoms with Crippen LogP contribution in [0.3, 0.4) is 0 Å². The smallest absolute Gasteiger partial charge is 0.191 e. The number of rotatable bonds is 4. The molecule has 3 aromatic rings. The Morgan fingerprint density at radius 1 is 0.905 bits per heavy atom. The van der Waals surface area contributed by atoms with Gasteiger partial charge in [-0.25, -0.2) is 9.67 Å². The summed E-state index contributed by atoms with van der Waals surface area (Å²) in [6, 6.07) is 20.2. The highest BCUT2D eigenvalue weighted by Crippen LogP contribution is 2.27. The maximum Gasteiger partial charge on any atom is 0.191 e. The minimum Gasteiger partial charge on any atom is -0.207 e. The molecule has 0 spiro atoms. The largest absolute Gasteiger partial charge is 0.207 e. The number of aromatic nitrogens is 3. The van der Waals surface area contributed by atoms with Crippen LogP contribution < -0.4 is 0 Å². The van der Waals surface area contributed by atoms with Crippen LogP contribution in [0.15, 0.2) is 65.8 Å². The van der Waals surface area contributed by atoms with Gasteiger partial charge in [0.2, 0.25) is 0 Å². The van der Waals surface area contributed by atoms with Gasteiger partial charge in [0.25, 0.3) is 0 Å². The molecule has 2 aromatic carbocycles. The molecular formula is C17H17N3S. The van der Waals surface area contributed by atoms with Crippen LogP contribution in [0.5, 0.6) is 0 Å². The summed E-state index contributed by atoms with van der Waals surface area (Å²) in [5, 5.41) is 6.07. The van der Waals surface area contributed by atoms with E-state index in [2.05, 4.69) is 18.9 Å². The predicted octanol–water partition coefficient (Wildman–Crippen LogP) is 4.43. The Kier molecular flexibility index (Phi) is 4.06. The third-order valence-corrected chi connectivity index (χ3v) is 3.90. The van der Waals surface area contributed by atoms with Crippen LogP contribution in [0.25, 0.3) is 17.1 Å². The molecule has 0 aliphatic carbocycles. The average molecular weight is 295 g/mol. The zero-order valence-corrected chi connectivity index (χ0v) is 12.9. The van der Waals surface area contributed by atoms with E-state index in [4.69, 9.17) is 4.98 Å². The van der Waals surface area contributed by atoms with Crippen molar-refractivity contribution in [3.8, 4) is 17.1 Å². The molecule has 1 heterocycles. The molecule has 3 rings (SSSR count). The van der Waals surface area contributed by atoms with Crippen molar-refractivity contribution in [2.24, 2.45) is 0 Å². The quantitative estimate of drug-likeness (QED) is 0.667. The van der Waals surface area contributed by atoms with Gasteiger partial charge in [0, 0.05) is 10.8 Å². The maximum atomic E-state index is 4.71. The summed E-state index contributed by atoms with van der Waals surface area (Å²) in [7, 11) is 0. The van der Waals surface area contributed by atoms with Crippen molar-refractivity contribution >= 4 is 11.8 Å². The molecule has 0 radical (unpaired) electrons. The van der Waals surface area contributed by atoms with Crippen molar-refractivity contribution in [2.45, 2.75) is 24.3 Å². The first-order valence-corrected chi connectivity index (χ1v) is 7.86. The maximum absolute atomic E-state index is 4.71. The summed E-state index contributed by atoms with van der Waals surface area (Å²) >= 11 is 1.72. The van der Waals surface area contributed by atoms with Crippen molar-refractivity contribution in [1.29, 1.82) is 0 Å². The van der Waals surface area contributed by atoms with Gasteiger partial charge in [-0.1, -0.05) is 74.1 Å². The Hall–Kier alpha value is -2.07. The average Bonchev–Trinajstić information content (AvgIpc) is 2.92. The molecule has 0 aliphatic heterocycles. The lowest BCUT2D eigenvalue weighted by Gasteiger charge is -2.06. The fourth-order valence-electron chi connectivity index (χ4n) is 2.03. The van der Waals surface area contributed by atoms with E-state index in [0.717, 1.165) is 22.2 Å². The van der Waals surface area contributed by atoms with Crippen molar-refractivity contribution in [1.82, 2.24) is 14.8 Å². The summed E-state index contributed by atoms with van der Waals surface area (Å²) in [5.74, 6) is 0.766. The van der Waals surface area contributed by atoms with E-state index in [1.54, 1.807) is 11.8 Å². The van der Waals surface area contributed by atoms with Crippen molar-refractivity contribution in [3.05, 3.63) is 60.7 Å². The number of nitrogens with zero attached hydrogens (tertiary/aromatic N) is 3. The molecule has 1 aromatic heterocycles. The lowest BCUT2D eigenvalue weighted by molar-refractivity contribution is 0.784. The van der Waals surface area contributed by atoms with E-state index < -0.39 is 0 Å². The van der Waals surface area contributed by atoms with Crippen LogP contribution in [0, 0.1) is 0 Å². The van der Waals surface area contributed by atoms with Gasteiger partial charge < -0.3 is 0 Å². The van der Waals surface area contributed by atoms with Gasteiger partial charge in [-0.15, -0.1) is 5.10 Å². The molecule has 0 aliphatic rings. The van der Waals surface area contributed by atoms with Crippen molar-refractivity contribution in [2.75, 3.05) is 0 Å². The molecule has 0 N–H and O–H groups in total. The Morgan fingerprint density at radius 2 is 1.52 bits per heavy atom. The molecule has 0 bridgehead atoms. The summed E-state index contributed by atoms with van der Waals surface area (Å²) < 4.78 is 1.92. The van der Waals surface area contributed by atoms with Crippen molar-refractivity contribution < 1.29 is 0 Å². The van der Waals surface area contributed by atoms with Crippen LogP contribution in [-0.4, -0.2) is 20.0 Å². The van der Waals surface area contributed by atoms with Gasteiger partial charge in [0.15, 0.2) is 11.0 Å². The highest BCUT2D eigenvalue weighted by Gasteiger charge is 2.14. The molecule has 0 unspecified atom stereocenters. The molecule has 0 amide bonds. The highest BCUT2D eigenvalue weighted by atomic mass is 32.2. The standard InChI is InChI=1S/C17H17N3S/c1-13(2)21-17-18-16(14-9-5-3-6-10-14)19-20(17)15-11-7-4-8-12-15/h3-13H,1-2H3.